The van der Waals surface area contributed by atoms with Crippen molar-refractivity contribution in [2.45, 2.75) is 19.8 Å². The van der Waals surface area contributed by atoms with Crippen molar-refractivity contribution < 1.29 is 9.59 Å². The zero-order chi connectivity index (χ0) is 27.2. The topological polar surface area (TPSA) is 39.1 Å². The van der Waals surface area contributed by atoms with E-state index in [9.17, 15) is 9.59 Å². The van der Waals surface area contributed by atoms with Crippen LogP contribution in [0.3, 0.4) is 0 Å². The Morgan fingerprint density at radius 1 is 0.550 bits per heavy atom. The van der Waals surface area contributed by atoms with Crippen molar-refractivity contribution in [2.24, 2.45) is 0 Å². The van der Waals surface area contributed by atoms with E-state index in [1.807, 2.05) is 60.7 Å². The molecule has 0 aliphatic heterocycles. The van der Waals surface area contributed by atoms with Crippen LogP contribution in [0.15, 0.2) is 121 Å². The second kappa shape index (κ2) is 9.62. The lowest BCUT2D eigenvalue weighted by atomic mass is 9.82. The van der Waals surface area contributed by atoms with Crippen molar-refractivity contribution in [1.82, 2.24) is 4.57 Å². The van der Waals surface area contributed by atoms with Gasteiger partial charge in [0, 0.05) is 16.5 Å². The summed E-state index contributed by atoms with van der Waals surface area (Å²) in [6.45, 7) is 2.17. The highest BCUT2D eigenvalue weighted by Crippen LogP contribution is 2.45. The lowest BCUT2D eigenvalue weighted by Crippen LogP contribution is -2.20. The first kappa shape index (κ1) is 24.1. The van der Waals surface area contributed by atoms with Gasteiger partial charge in [0.25, 0.3) is 0 Å². The van der Waals surface area contributed by atoms with Gasteiger partial charge in [0.1, 0.15) is 0 Å². The molecule has 40 heavy (non-hydrogen) atoms. The van der Waals surface area contributed by atoms with Crippen LogP contribution in [0.2, 0.25) is 0 Å². The lowest BCUT2D eigenvalue weighted by Gasteiger charge is -2.17. The summed E-state index contributed by atoms with van der Waals surface area (Å²) in [7, 11) is 0. The smallest absolute Gasteiger partial charge is 0.196 e. The molecule has 0 amide bonds. The Kier molecular flexibility index (Phi) is 5.78. The minimum atomic E-state index is -0.119. The number of benzene rings is 5. The van der Waals surface area contributed by atoms with Gasteiger partial charge in [0.05, 0.1) is 28.2 Å². The molecule has 3 heteroatoms. The number of aryl methyl sites for hydroxylation is 1. The van der Waals surface area contributed by atoms with Crippen molar-refractivity contribution in [1.29, 1.82) is 0 Å². The molecule has 0 radical (unpaired) electrons. The van der Waals surface area contributed by atoms with Gasteiger partial charge in [-0.2, -0.15) is 0 Å². The van der Waals surface area contributed by atoms with E-state index in [2.05, 4.69) is 60.0 Å². The summed E-state index contributed by atoms with van der Waals surface area (Å²) in [5.74, 6) is -0.235. The summed E-state index contributed by atoms with van der Waals surface area (Å²) in [4.78, 5) is 28.7. The normalized spacial score (nSPS) is 12.4. The number of ketones is 2. The molecule has 0 fully saturated rings. The third kappa shape index (κ3) is 3.66. The van der Waals surface area contributed by atoms with Gasteiger partial charge in [-0.15, -0.1) is 0 Å². The number of rotatable bonds is 5. The predicted octanol–water partition coefficient (Wildman–Crippen LogP) is 8.69. The fraction of sp³-hybridized carbons (Fsp3) is 0.0811. The van der Waals surface area contributed by atoms with Crippen LogP contribution >= 0.6 is 0 Å². The van der Waals surface area contributed by atoms with Crippen molar-refractivity contribution in [3.8, 4) is 28.2 Å². The zero-order valence-corrected chi connectivity index (χ0v) is 22.2. The Hall–Kier alpha value is -5.02. The van der Waals surface area contributed by atoms with E-state index in [-0.39, 0.29) is 11.6 Å². The predicted molar refractivity (Wildman–Crippen MR) is 161 cm³/mol. The number of nitrogens with zero attached hydrogens (tertiary/aromatic N) is 1. The molecule has 1 aliphatic carbocycles. The molecule has 0 unspecified atom stereocenters. The van der Waals surface area contributed by atoms with E-state index < -0.39 is 0 Å². The molecular formula is C37H27NO2. The van der Waals surface area contributed by atoms with E-state index in [0.29, 0.717) is 22.3 Å². The first-order chi connectivity index (χ1) is 19.7. The van der Waals surface area contributed by atoms with Gasteiger partial charge in [0.15, 0.2) is 11.6 Å². The van der Waals surface area contributed by atoms with Gasteiger partial charge >= 0.3 is 0 Å². The minimum absolute atomic E-state index is 0.117. The largest absolute Gasteiger partial charge is 0.307 e. The number of carbonyl (C=O) groups is 2. The second-order valence-electron chi connectivity index (χ2n) is 10.3. The SMILES string of the molecule is CCCc1ccc(-c2c3c(c(-c4ccccc4)n2-c2cccc4ccccc24)C(=O)c2ccccc2C3=O)cc1. The summed E-state index contributed by atoms with van der Waals surface area (Å²) in [6, 6.07) is 40.1. The highest BCUT2D eigenvalue weighted by Gasteiger charge is 2.39. The summed E-state index contributed by atoms with van der Waals surface area (Å²) in [5.41, 5.74) is 7.33. The van der Waals surface area contributed by atoms with Crippen LogP contribution in [0, 0.1) is 0 Å². The van der Waals surface area contributed by atoms with Crippen LogP contribution < -0.4 is 0 Å². The van der Waals surface area contributed by atoms with Crippen LogP contribution in [-0.4, -0.2) is 16.1 Å². The van der Waals surface area contributed by atoms with E-state index >= 15 is 0 Å². The number of hydrogen-bond acceptors (Lipinski definition) is 2. The number of aromatic nitrogens is 1. The van der Waals surface area contributed by atoms with E-state index in [1.165, 1.54) is 5.56 Å². The molecule has 1 aliphatic rings. The molecule has 7 rings (SSSR count). The van der Waals surface area contributed by atoms with E-state index in [0.717, 1.165) is 51.8 Å². The molecule has 192 valence electrons. The maximum atomic E-state index is 14.3. The standard InChI is InChI=1S/C37H27NO2/c1-2-11-24-20-22-27(23-21-24)35-33-32(36(39)29-17-8-9-18-30(29)37(33)40)34(26-13-4-3-5-14-26)38(35)31-19-10-15-25-12-6-7-16-28(25)31/h3-10,12-23H,2,11H2,1H3. The van der Waals surface area contributed by atoms with Crippen LogP contribution in [0.4, 0.5) is 0 Å². The van der Waals surface area contributed by atoms with Gasteiger partial charge < -0.3 is 4.57 Å². The van der Waals surface area contributed by atoms with Crippen LogP contribution in [0.1, 0.15) is 50.8 Å². The molecule has 0 saturated carbocycles. The molecule has 0 atom stereocenters. The molecule has 0 spiro atoms. The van der Waals surface area contributed by atoms with Crippen LogP contribution in [0.25, 0.3) is 39.0 Å². The molecule has 1 heterocycles. The Balaban J connectivity index is 1.66. The van der Waals surface area contributed by atoms with Crippen LogP contribution in [0.5, 0.6) is 0 Å². The summed E-state index contributed by atoms with van der Waals surface area (Å²) < 4.78 is 2.15. The summed E-state index contributed by atoms with van der Waals surface area (Å²) in [5, 5.41) is 2.15. The maximum absolute atomic E-state index is 14.3. The average molecular weight is 518 g/mol. The fourth-order valence-corrected chi connectivity index (χ4v) is 6.07. The van der Waals surface area contributed by atoms with E-state index in [4.69, 9.17) is 0 Å². The third-order valence-electron chi connectivity index (χ3n) is 7.86. The second-order valence-corrected chi connectivity index (χ2v) is 10.3. The average Bonchev–Trinajstić information content (AvgIpc) is 3.37. The fourth-order valence-electron chi connectivity index (χ4n) is 6.07. The van der Waals surface area contributed by atoms with Crippen molar-refractivity contribution >= 4 is 22.3 Å². The molecule has 3 nitrogen and oxygen atoms in total. The number of hydrogen-bond donors (Lipinski definition) is 0. The third-order valence-corrected chi connectivity index (χ3v) is 7.86. The molecule has 0 N–H and O–H groups in total. The van der Waals surface area contributed by atoms with Gasteiger partial charge in [-0.05, 0) is 34.6 Å². The van der Waals surface area contributed by atoms with Crippen LogP contribution in [-0.2, 0) is 6.42 Å². The first-order valence-electron chi connectivity index (χ1n) is 13.8. The molecule has 0 saturated heterocycles. The van der Waals surface area contributed by atoms with Gasteiger partial charge in [0.2, 0.25) is 0 Å². The highest BCUT2D eigenvalue weighted by molar-refractivity contribution is 6.32. The quantitative estimate of drug-likeness (QED) is 0.229. The zero-order valence-electron chi connectivity index (χ0n) is 22.2. The highest BCUT2D eigenvalue weighted by atomic mass is 16.1. The summed E-state index contributed by atoms with van der Waals surface area (Å²) in [6.07, 6.45) is 2.05. The Morgan fingerprint density at radius 3 is 1.75 bits per heavy atom. The Morgan fingerprint density at radius 2 is 1.10 bits per heavy atom. The maximum Gasteiger partial charge on any atom is 0.196 e. The molecule has 6 aromatic rings. The Bertz CT molecular complexity index is 1920. The van der Waals surface area contributed by atoms with Gasteiger partial charge in [-0.25, -0.2) is 0 Å². The lowest BCUT2D eigenvalue weighted by molar-refractivity contribution is 0.0981. The molecule has 1 aromatic heterocycles. The van der Waals surface area contributed by atoms with Crippen molar-refractivity contribution in [2.75, 3.05) is 0 Å². The summed E-state index contributed by atoms with van der Waals surface area (Å²) >= 11 is 0. The van der Waals surface area contributed by atoms with Gasteiger partial charge in [-0.3, -0.25) is 9.59 Å². The monoisotopic (exact) mass is 517 g/mol. The first-order valence-corrected chi connectivity index (χ1v) is 13.8. The minimum Gasteiger partial charge on any atom is -0.307 e. The van der Waals surface area contributed by atoms with E-state index in [1.54, 1.807) is 12.1 Å². The van der Waals surface area contributed by atoms with Crippen molar-refractivity contribution in [3.63, 3.8) is 0 Å². The molecule has 5 aromatic carbocycles. The van der Waals surface area contributed by atoms with Gasteiger partial charge in [-0.1, -0.05) is 129 Å². The molecule has 0 bridgehead atoms. The number of carbonyl (C=O) groups excluding carboxylic acids is 2. The molecular weight excluding hydrogens is 490 g/mol. The van der Waals surface area contributed by atoms with Crippen molar-refractivity contribution in [3.05, 3.63) is 149 Å². The Labute approximate surface area is 233 Å². The number of fused-ring (bicyclic) bond motifs is 3.